The van der Waals surface area contributed by atoms with Crippen molar-refractivity contribution in [3.63, 3.8) is 0 Å². The maximum Gasteiger partial charge on any atom is 0.338 e. The van der Waals surface area contributed by atoms with Gasteiger partial charge in [0, 0.05) is 5.56 Å². The molecule has 3 nitrogen and oxygen atoms in total. The lowest BCUT2D eigenvalue weighted by atomic mass is 10.1. The molecule has 0 aliphatic rings. The van der Waals surface area contributed by atoms with Crippen molar-refractivity contribution in [2.24, 2.45) is 0 Å². The lowest BCUT2D eigenvalue weighted by Crippen LogP contribution is -2.03. The molecule has 0 saturated heterocycles. The van der Waals surface area contributed by atoms with Crippen molar-refractivity contribution >= 4 is 12.3 Å². The number of hydrogen-bond acceptors (Lipinski definition) is 3. The van der Waals surface area contributed by atoms with Crippen molar-refractivity contribution in [3.8, 4) is 11.8 Å². The van der Waals surface area contributed by atoms with Crippen molar-refractivity contribution in [2.45, 2.75) is 6.92 Å². The van der Waals surface area contributed by atoms with Gasteiger partial charge in [0.25, 0.3) is 0 Å². The van der Waals surface area contributed by atoms with Crippen molar-refractivity contribution in [3.05, 3.63) is 34.9 Å². The lowest BCUT2D eigenvalue weighted by Gasteiger charge is -2.03. The van der Waals surface area contributed by atoms with Crippen LogP contribution in [-0.2, 0) is 9.53 Å². The van der Waals surface area contributed by atoms with Gasteiger partial charge in [-0.1, -0.05) is 12.0 Å². The van der Waals surface area contributed by atoms with Crippen molar-refractivity contribution < 1.29 is 14.3 Å². The maximum absolute atomic E-state index is 11.3. The number of esters is 1. The van der Waals surface area contributed by atoms with Gasteiger partial charge in [0.15, 0.2) is 6.29 Å². The van der Waals surface area contributed by atoms with E-state index >= 15 is 0 Å². The third-order valence-electron chi connectivity index (χ3n) is 1.92. The molecule has 0 heterocycles. The first-order chi connectivity index (χ1) is 7.19. The molecule has 0 fully saturated rings. The molecule has 0 atom stereocenters. The quantitative estimate of drug-likeness (QED) is 0.392. The predicted octanol–water partition coefficient (Wildman–Crippen LogP) is 1.33. The molecule has 0 N–H and O–H groups in total. The monoisotopic (exact) mass is 202 g/mol. The van der Waals surface area contributed by atoms with Gasteiger partial charge in [-0.15, -0.1) is 0 Å². The molecular weight excluding hydrogens is 192 g/mol. The lowest BCUT2D eigenvalue weighted by molar-refractivity contribution is -0.103. The summed E-state index contributed by atoms with van der Waals surface area (Å²) >= 11 is 0. The number of rotatable bonds is 1. The van der Waals surface area contributed by atoms with Crippen LogP contribution in [0, 0.1) is 18.8 Å². The molecule has 0 bridgehead atoms. The van der Waals surface area contributed by atoms with Crippen LogP contribution in [0.1, 0.15) is 21.5 Å². The van der Waals surface area contributed by atoms with Crippen LogP contribution in [-0.4, -0.2) is 19.4 Å². The van der Waals surface area contributed by atoms with Gasteiger partial charge in [-0.05, 0) is 30.5 Å². The Balaban J connectivity index is 3.16. The summed E-state index contributed by atoms with van der Waals surface area (Å²) in [7, 11) is 1.32. The van der Waals surface area contributed by atoms with Gasteiger partial charge in [-0.2, -0.15) is 0 Å². The van der Waals surface area contributed by atoms with Crippen LogP contribution >= 0.6 is 0 Å². The van der Waals surface area contributed by atoms with E-state index in [2.05, 4.69) is 16.6 Å². The first kappa shape index (κ1) is 11.0. The van der Waals surface area contributed by atoms with Gasteiger partial charge >= 0.3 is 5.97 Å². The topological polar surface area (TPSA) is 43.4 Å². The average Bonchev–Trinajstić information content (AvgIpc) is 2.27. The summed E-state index contributed by atoms with van der Waals surface area (Å²) in [5.74, 6) is 4.50. The minimum absolute atomic E-state index is 0.401. The number of carbonyl (C=O) groups excluding carboxylic acids is 2. The zero-order valence-corrected chi connectivity index (χ0v) is 8.53. The van der Waals surface area contributed by atoms with E-state index in [4.69, 9.17) is 0 Å². The molecule has 0 amide bonds. The minimum atomic E-state index is -0.401. The van der Waals surface area contributed by atoms with E-state index in [0.29, 0.717) is 17.4 Å². The number of methoxy groups -OCH3 is 1. The van der Waals surface area contributed by atoms with E-state index in [9.17, 15) is 9.59 Å². The van der Waals surface area contributed by atoms with E-state index in [1.165, 1.54) is 7.11 Å². The Morgan fingerprint density at radius 2 is 2.20 bits per heavy atom. The molecule has 76 valence electrons. The van der Waals surface area contributed by atoms with Crippen LogP contribution in [0.5, 0.6) is 0 Å². The smallest absolute Gasteiger partial charge is 0.338 e. The van der Waals surface area contributed by atoms with Gasteiger partial charge in [-0.25, -0.2) is 4.79 Å². The SMILES string of the molecule is COC(=O)c1cc(C#CC=O)ccc1C. The predicted molar refractivity (Wildman–Crippen MR) is 55.5 cm³/mol. The summed E-state index contributed by atoms with van der Waals surface area (Å²) < 4.78 is 4.62. The van der Waals surface area contributed by atoms with Gasteiger partial charge in [-0.3, -0.25) is 4.79 Å². The number of aldehydes is 1. The van der Waals surface area contributed by atoms with Crippen LogP contribution in [0.4, 0.5) is 0 Å². The molecule has 0 saturated carbocycles. The standard InChI is InChI=1S/C12H10O3/c1-9-5-6-10(4-3-7-13)8-11(9)12(14)15-2/h5-8H,1-2H3. The molecule has 1 aromatic carbocycles. The maximum atomic E-state index is 11.3. The summed E-state index contributed by atoms with van der Waals surface area (Å²) in [4.78, 5) is 21.4. The second-order valence-electron chi connectivity index (χ2n) is 2.91. The van der Waals surface area contributed by atoms with Crippen molar-refractivity contribution in [2.75, 3.05) is 7.11 Å². The number of benzene rings is 1. The third kappa shape index (κ3) is 2.68. The molecule has 0 unspecified atom stereocenters. The Hall–Kier alpha value is -2.08. The summed E-state index contributed by atoms with van der Waals surface area (Å²) in [5.41, 5.74) is 1.90. The average molecular weight is 202 g/mol. The molecule has 0 spiro atoms. The van der Waals surface area contributed by atoms with Crippen LogP contribution < -0.4 is 0 Å². The highest BCUT2D eigenvalue weighted by Crippen LogP contribution is 2.11. The summed E-state index contributed by atoms with van der Waals surface area (Å²) in [6.45, 7) is 1.81. The molecular formula is C12H10O3. The normalized spacial score (nSPS) is 8.67. The Morgan fingerprint density at radius 3 is 2.80 bits per heavy atom. The molecule has 0 aliphatic heterocycles. The van der Waals surface area contributed by atoms with Crippen molar-refractivity contribution in [1.29, 1.82) is 0 Å². The van der Waals surface area contributed by atoms with Gasteiger partial charge in [0.1, 0.15) is 0 Å². The zero-order chi connectivity index (χ0) is 11.3. The van der Waals surface area contributed by atoms with E-state index in [1.54, 1.807) is 18.2 Å². The van der Waals surface area contributed by atoms with Crippen LogP contribution in [0.15, 0.2) is 18.2 Å². The Labute approximate surface area is 88.1 Å². The molecule has 15 heavy (non-hydrogen) atoms. The Kier molecular flexibility index (Phi) is 3.64. The van der Waals surface area contributed by atoms with E-state index < -0.39 is 5.97 Å². The van der Waals surface area contributed by atoms with E-state index in [-0.39, 0.29) is 0 Å². The number of aryl methyl sites for hydroxylation is 1. The Bertz CT molecular complexity index is 450. The molecule has 0 radical (unpaired) electrons. The highest BCUT2D eigenvalue weighted by atomic mass is 16.5. The highest BCUT2D eigenvalue weighted by Gasteiger charge is 2.08. The third-order valence-corrected chi connectivity index (χ3v) is 1.92. The highest BCUT2D eigenvalue weighted by molar-refractivity contribution is 5.91. The number of hydrogen-bond donors (Lipinski definition) is 0. The first-order valence-corrected chi connectivity index (χ1v) is 4.33. The fraction of sp³-hybridized carbons (Fsp3) is 0.167. The fourth-order valence-corrected chi connectivity index (χ4v) is 1.14. The van der Waals surface area contributed by atoms with Crippen LogP contribution in [0.25, 0.3) is 0 Å². The van der Waals surface area contributed by atoms with E-state index in [1.807, 2.05) is 6.92 Å². The summed E-state index contributed by atoms with van der Waals surface area (Å²) in [6, 6.07) is 5.12. The van der Waals surface area contributed by atoms with Gasteiger partial charge < -0.3 is 4.74 Å². The van der Waals surface area contributed by atoms with E-state index in [0.717, 1.165) is 5.56 Å². The van der Waals surface area contributed by atoms with Crippen LogP contribution in [0.3, 0.4) is 0 Å². The molecule has 1 rings (SSSR count). The fourth-order valence-electron chi connectivity index (χ4n) is 1.14. The zero-order valence-electron chi connectivity index (χ0n) is 8.53. The molecule has 0 aromatic heterocycles. The number of carbonyl (C=O) groups is 2. The van der Waals surface area contributed by atoms with Gasteiger partial charge in [0.2, 0.25) is 0 Å². The summed E-state index contributed by atoms with van der Waals surface area (Å²) in [5, 5.41) is 0. The minimum Gasteiger partial charge on any atom is -0.465 e. The largest absolute Gasteiger partial charge is 0.465 e. The second-order valence-corrected chi connectivity index (χ2v) is 2.91. The summed E-state index contributed by atoms with van der Waals surface area (Å²) in [6.07, 6.45) is 0.512. The van der Waals surface area contributed by atoms with Gasteiger partial charge in [0.05, 0.1) is 12.7 Å². The molecule has 1 aromatic rings. The molecule has 0 aliphatic carbocycles. The van der Waals surface area contributed by atoms with Crippen molar-refractivity contribution in [1.82, 2.24) is 0 Å². The molecule has 3 heteroatoms. The second kappa shape index (κ2) is 4.97. The number of ether oxygens (including phenoxy) is 1. The Morgan fingerprint density at radius 1 is 1.47 bits per heavy atom. The van der Waals surface area contributed by atoms with Crippen LogP contribution in [0.2, 0.25) is 0 Å². The first-order valence-electron chi connectivity index (χ1n) is 4.33.